The first-order valence-electron chi connectivity index (χ1n) is 9.56. The topological polar surface area (TPSA) is 130 Å². The molecule has 0 fully saturated rings. The number of nitrogens with zero attached hydrogens (tertiary/aromatic N) is 7. The number of aromatic nitrogens is 5. The van der Waals surface area contributed by atoms with Crippen LogP contribution in [0.2, 0.25) is 0 Å². The van der Waals surface area contributed by atoms with Crippen molar-refractivity contribution in [3.63, 3.8) is 0 Å². The van der Waals surface area contributed by atoms with Crippen LogP contribution in [-0.2, 0) is 10.0 Å². The monoisotopic (exact) mass is 471 g/mol. The quantitative estimate of drug-likeness (QED) is 0.278. The summed E-state index contributed by atoms with van der Waals surface area (Å²) in [6, 6.07) is 6.45. The van der Waals surface area contributed by atoms with Gasteiger partial charge in [-0.2, -0.15) is 14.9 Å². The predicted molar refractivity (Wildman–Crippen MR) is 124 cm³/mol. The van der Waals surface area contributed by atoms with Crippen molar-refractivity contribution in [2.75, 3.05) is 32.6 Å². The maximum Gasteiger partial charge on any atom is 0.240 e. The van der Waals surface area contributed by atoms with Crippen molar-refractivity contribution in [3.8, 4) is 5.13 Å². The lowest BCUT2D eigenvalue weighted by Crippen LogP contribution is -2.31. The number of benzene rings is 1. The first-order chi connectivity index (χ1) is 15.4. The molecular weight excluding hydrogens is 450 g/mol. The van der Waals surface area contributed by atoms with E-state index in [-0.39, 0.29) is 4.90 Å². The minimum atomic E-state index is -3.54. The van der Waals surface area contributed by atoms with Crippen LogP contribution in [0.3, 0.4) is 0 Å². The number of hydrazone groups is 1. The van der Waals surface area contributed by atoms with E-state index in [4.69, 9.17) is 0 Å². The third-order valence-electron chi connectivity index (χ3n) is 4.39. The molecule has 32 heavy (non-hydrogen) atoms. The highest BCUT2D eigenvalue weighted by Gasteiger charge is 2.13. The van der Waals surface area contributed by atoms with Crippen LogP contribution in [0.4, 0.5) is 5.82 Å². The van der Waals surface area contributed by atoms with Crippen LogP contribution in [0.25, 0.3) is 16.2 Å². The van der Waals surface area contributed by atoms with Gasteiger partial charge in [-0.15, -0.1) is 11.3 Å². The maximum atomic E-state index is 12.3. The number of nitrogens with one attached hydrogen (secondary N) is 2. The van der Waals surface area contributed by atoms with Crippen molar-refractivity contribution < 1.29 is 8.42 Å². The number of anilines is 1. The maximum absolute atomic E-state index is 12.3. The van der Waals surface area contributed by atoms with Gasteiger partial charge in [0.15, 0.2) is 11.5 Å². The molecule has 166 valence electrons. The summed E-state index contributed by atoms with van der Waals surface area (Å²) in [5.41, 5.74) is 4.24. The van der Waals surface area contributed by atoms with Crippen molar-refractivity contribution in [1.29, 1.82) is 0 Å². The number of thiazole rings is 1. The molecular formula is C19H21N9O2S2. The molecule has 0 unspecified atom stereocenters. The average molecular weight is 472 g/mol. The highest BCUT2D eigenvalue weighted by Crippen LogP contribution is 2.22. The summed E-state index contributed by atoms with van der Waals surface area (Å²) in [7, 11) is 0.226. The molecule has 0 bridgehead atoms. The highest BCUT2D eigenvalue weighted by molar-refractivity contribution is 7.89. The molecule has 0 amide bonds. The molecule has 0 saturated carbocycles. The summed E-state index contributed by atoms with van der Waals surface area (Å²) in [4.78, 5) is 14.9. The van der Waals surface area contributed by atoms with Gasteiger partial charge in [-0.3, -0.25) is 5.43 Å². The largest absolute Gasteiger partial charge is 0.308 e. The van der Waals surface area contributed by atoms with Gasteiger partial charge in [0.25, 0.3) is 0 Å². The summed E-state index contributed by atoms with van der Waals surface area (Å²) in [6.07, 6.45) is 6.36. The van der Waals surface area contributed by atoms with Gasteiger partial charge in [0, 0.05) is 24.7 Å². The molecule has 4 aromatic rings. The lowest BCUT2D eigenvalue weighted by atomic mass is 10.2. The van der Waals surface area contributed by atoms with E-state index in [1.165, 1.54) is 17.7 Å². The fourth-order valence-corrected chi connectivity index (χ4v) is 4.40. The second kappa shape index (κ2) is 9.48. The Labute approximate surface area is 188 Å². The normalized spacial score (nSPS) is 12.2. The van der Waals surface area contributed by atoms with Crippen LogP contribution in [0.1, 0.15) is 5.56 Å². The van der Waals surface area contributed by atoms with Gasteiger partial charge in [-0.05, 0) is 31.8 Å². The van der Waals surface area contributed by atoms with Crippen molar-refractivity contribution in [2.45, 2.75) is 4.90 Å². The number of fused-ring (bicyclic) bond motifs is 1. The fourth-order valence-electron chi connectivity index (χ4n) is 2.78. The molecule has 3 heterocycles. The predicted octanol–water partition coefficient (Wildman–Crippen LogP) is 1.56. The van der Waals surface area contributed by atoms with E-state index in [9.17, 15) is 8.42 Å². The molecule has 1 aromatic carbocycles. The number of hydrogen-bond donors (Lipinski definition) is 2. The van der Waals surface area contributed by atoms with Crippen molar-refractivity contribution >= 4 is 44.4 Å². The Bertz CT molecular complexity index is 1310. The fraction of sp³-hybridized carbons (Fsp3) is 0.211. The zero-order valence-electron chi connectivity index (χ0n) is 17.4. The number of hydrogen-bond acceptors (Lipinski definition) is 10. The minimum absolute atomic E-state index is 0.202. The van der Waals surface area contributed by atoms with E-state index in [2.05, 4.69) is 35.3 Å². The Kier molecular flexibility index (Phi) is 6.50. The summed E-state index contributed by atoms with van der Waals surface area (Å²) in [5, 5.41) is 11.8. The Balaban J connectivity index is 1.44. The van der Waals surface area contributed by atoms with Gasteiger partial charge >= 0.3 is 0 Å². The van der Waals surface area contributed by atoms with Gasteiger partial charge in [0.2, 0.25) is 15.2 Å². The molecule has 3 aromatic heterocycles. The van der Waals surface area contributed by atoms with Crippen LogP contribution in [0, 0.1) is 0 Å². The molecule has 0 aliphatic heterocycles. The van der Waals surface area contributed by atoms with Crippen LogP contribution in [0.5, 0.6) is 0 Å². The molecule has 0 spiro atoms. The van der Waals surface area contributed by atoms with E-state index in [0.29, 0.717) is 35.1 Å². The third kappa shape index (κ3) is 4.96. The van der Waals surface area contributed by atoms with E-state index >= 15 is 0 Å². The molecule has 0 atom stereocenters. The van der Waals surface area contributed by atoms with Crippen LogP contribution in [0.15, 0.2) is 58.4 Å². The smallest absolute Gasteiger partial charge is 0.240 e. The van der Waals surface area contributed by atoms with E-state index < -0.39 is 10.0 Å². The molecule has 13 heteroatoms. The summed E-state index contributed by atoms with van der Waals surface area (Å²) < 4.78 is 28.9. The van der Waals surface area contributed by atoms with Gasteiger partial charge in [0.1, 0.15) is 6.33 Å². The Hall–Kier alpha value is -3.26. The van der Waals surface area contributed by atoms with Gasteiger partial charge in [-0.1, -0.05) is 12.1 Å². The van der Waals surface area contributed by atoms with Gasteiger partial charge in [0.05, 0.1) is 22.7 Å². The second-order valence-corrected chi connectivity index (χ2v) is 9.61. The summed E-state index contributed by atoms with van der Waals surface area (Å²) >= 11 is 1.45. The Morgan fingerprint density at radius 2 is 2.00 bits per heavy atom. The van der Waals surface area contributed by atoms with E-state index in [1.54, 1.807) is 47.6 Å². The van der Waals surface area contributed by atoms with E-state index in [0.717, 1.165) is 5.56 Å². The minimum Gasteiger partial charge on any atom is -0.308 e. The van der Waals surface area contributed by atoms with E-state index in [1.807, 2.05) is 24.4 Å². The average Bonchev–Trinajstić information content (AvgIpc) is 3.44. The molecule has 0 saturated heterocycles. The summed E-state index contributed by atoms with van der Waals surface area (Å²) in [6.45, 7) is 0.962. The van der Waals surface area contributed by atoms with Gasteiger partial charge in [-0.25, -0.2) is 28.1 Å². The standard InChI is InChI=1S/C19H21N9O2S2/c1-27(2)9-7-25-32(29,30)15-5-3-14(4-6-15)11-23-26-17-16-12-24-28(18(16)22-13-21-17)19-20-8-10-31-19/h3-6,8,10-13,25H,7,9H2,1-2H3,(H,21,22,26)/b23-11+. The lowest BCUT2D eigenvalue weighted by Gasteiger charge is -2.11. The second-order valence-electron chi connectivity index (χ2n) is 6.97. The van der Waals surface area contributed by atoms with Crippen LogP contribution < -0.4 is 10.1 Å². The lowest BCUT2D eigenvalue weighted by molar-refractivity contribution is 0.412. The number of likely N-dealkylation sites (N-methyl/N-ethyl adjacent to an activating group) is 1. The summed E-state index contributed by atoms with van der Waals surface area (Å²) in [5.74, 6) is 0.498. The first kappa shape index (κ1) is 22.0. The molecule has 4 rings (SSSR count). The van der Waals surface area contributed by atoms with Crippen LogP contribution in [-0.4, -0.2) is 71.4 Å². The third-order valence-corrected chi connectivity index (χ3v) is 6.62. The highest BCUT2D eigenvalue weighted by atomic mass is 32.2. The first-order valence-corrected chi connectivity index (χ1v) is 11.9. The van der Waals surface area contributed by atoms with Crippen molar-refractivity contribution in [2.24, 2.45) is 5.10 Å². The number of sulfonamides is 1. The van der Waals surface area contributed by atoms with Crippen LogP contribution >= 0.6 is 11.3 Å². The molecule has 11 nitrogen and oxygen atoms in total. The van der Waals surface area contributed by atoms with Crippen molar-refractivity contribution in [3.05, 3.63) is 53.9 Å². The van der Waals surface area contributed by atoms with Crippen molar-refractivity contribution in [1.82, 2.24) is 34.4 Å². The zero-order valence-corrected chi connectivity index (χ0v) is 19.0. The number of rotatable bonds is 9. The SMILES string of the molecule is CN(C)CCNS(=O)(=O)c1ccc(/C=N/Nc2ncnc3c2cnn3-c2nccs2)cc1. The molecule has 0 radical (unpaired) electrons. The molecule has 2 N–H and O–H groups in total. The zero-order chi connectivity index (χ0) is 22.6. The van der Waals surface area contributed by atoms with Gasteiger partial charge < -0.3 is 4.90 Å². The molecule has 0 aliphatic carbocycles. The Morgan fingerprint density at radius 3 is 2.72 bits per heavy atom. The Morgan fingerprint density at radius 1 is 1.19 bits per heavy atom. The molecule has 0 aliphatic rings.